The second kappa shape index (κ2) is 11.6. The highest BCUT2D eigenvalue weighted by Gasteiger charge is 2.39. The second-order valence-electron chi connectivity index (χ2n) is 11.6. The molecule has 0 saturated heterocycles. The van der Waals surface area contributed by atoms with Crippen LogP contribution in [0.3, 0.4) is 0 Å². The zero-order valence-corrected chi connectivity index (χ0v) is 24.2. The molecule has 0 radical (unpaired) electrons. The fourth-order valence-electron chi connectivity index (χ4n) is 5.32. The van der Waals surface area contributed by atoms with Gasteiger partial charge in [0.2, 0.25) is 0 Å². The Hall–Kier alpha value is -4.57. The number of aromatic nitrogens is 2. The Labute approximate surface area is 248 Å². The lowest BCUT2D eigenvalue weighted by Gasteiger charge is -2.14. The van der Waals surface area contributed by atoms with Crippen LogP contribution < -0.4 is 20.7 Å². The number of nitrogens with zero attached hydrogens (tertiary/aromatic N) is 2. The lowest BCUT2D eigenvalue weighted by molar-refractivity contribution is 0.0954. The minimum Gasteiger partial charge on any atom is -0.490 e. The summed E-state index contributed by atoms with van der Waals surface area (Å²) in [5.41, 5.74) is 4.94. The Balaban J connectivity index is 1.17. The molecule has 9 nitrogen and oxygen atoms in total. The number of halogens is 1. The topological polar surface area (TPSA) is 125 Å². The van der Waals surface area contributed by atoms with Crippen molar-refractivity contribution < 1.29 is 23.8 Å². The molecule has 2 aromatic carbocycles. The summed E-state index contributed by atoms with van der Waals surface area (Å²) in [6.07, 6.45) is 4.20. The Morgan fingerprint density at radius 3 is 2.65 bits per heavy atom. The first-order chi connectivity index (χ1) is 20.7. The van der Waals surface area contributed by atoms with Crippen LogP contribution in [0.5, 0.6) is 5.75 Å². The third-order valence-corrected chi connectivity index (χ3v) is 7.98. The largest absolute Gasteiger partial charge is 0.490 e. The van der Waals surface area contributed by atoms with Gasteiger partial charge in [0.1, 0.15) is 17.3 Å². The number of ether oxygens (including phenoxy) is 1. The van der Waals surface area contributed by atoms with Gasteiger partial charge in [-0.25, -0.2) is 14.2 Å². The van der Waals surface area contributed by atoms with E-state index in [1.54, 1.807) is 30.5 Å². The van der Waals surface area contributed by atoms with Gasteiger partial charge in [-0.05, 0) is 80.3 Å². The van der Waals surface area contributed by atoms with Crippen molar-refractivity contribution in [2.24, 2.45) is 0 Å². The molecule has 1 unspecified atom stereocenters. The zero-order chi connectivity index (χ0) is 30.1. The molecular weight excluding hydrogens is 549 g/mol. The summed E-state index contributed by atoms with van der Waals surface area (Å²) in [7, 11) is 0. The molecule has 1 aliphatic heterocycles. The highest BCUT2D eigenvalue weighted by atomic mass is 19.1. The summed E-state index contributed by atoms with van der Waals surface area (Å²) in [6, 6.07) is 13.1. The molecule has 1 saturated carbocycles. The van der Waals surface area contributed by atoms with E-state index in [9.17, 15) is 19.1 Å². The highest BCUT2D eigenvalue weighted by Crippen LogP contribution is 2.41. The predicted molar refractivity (Wildman–Crippen MR) is 162 cm³/mol. The number of amides is 3. The molecule has 2 aliphatic rings. The van der Waals surface area contributed by atoms with Crippen LogP contribution in [0, 0.1) is 12.7 Å². The van der Waals surface area contributed by atoms with Crippen molar-refractivity contribution >= 4 is 28.5 Å². The minimum absolute atomic E-state index is 0.196. The van der Waals surface area contributed by atoms with Crippen LogP contribution in [-0.4, -0.2) is 52.3 Å². The number of aryl methyl sites for hydroxylation is 1. The summed E-state index contributed by atoms with van der Waals surface area (Å²) < 4.78 is 19.5. The van der Waals surface area contributed by atoms with Crippen LogP contribution in [0.25, 0.3) is 22.2 Å². The van der Waals surface area contributed by atoms with E-state index in [2.05, 4.69) is 27.9 Å². The molecule has 0 spiro atoms. The summed E-state index contributed by atoms with van der Waals surface area (Å²) in [4.78, 5) is 35.2. The number of fused-ring (bicyclic) bond motifs is 2. The van der Waals surface area contributed by atoms with Crippen molar-refractivity contribution in [3.8, 4) is 17.0 Å². The van der Waals surface area contributed by atoms with E-state index in [-0.39, 0.29) is 17.6 Å². The number of aliphatic hydroxyl groups is 1. The van der Waals surface area contributed by atoms with Gasteiger partial charge in [0.05, 0.1) is 23.4 Å². The molecule has 1 fully saturated rings. The van der Waals surface area contributed by atoms with Crippen molar-refractivity contribution in [1.82, 2.24) is 20.6 Å². The lowest BCUT2D eigenvalue weighted by Crippen LogP contribution is -2.32. The normalized spacial score (nSPS) is 16.3. The molecule has 3 heterocycles. The minimum atomic E-state index is -0.652. The number of carbonyl (C=O) groups excluding carboxylic acids is 2. The van der Waals surface area contributed by atoms with Crippen LogP contribution in [0.4, 0.5) is 14.9 Å². The van der Waals surface area contributed by atoms with Gasteiger partial charge in [-0.3, -0.25) is 9.78 Å². The van der Waals surface area contributed by atoms with Gasteiger partial charge in [-0.2, -0.15) is 0 Å². The molecule has 222 valence electrons. The average molecular weight is 584 g/mol. The summed E-state index contributed by atoms with van der Waals surface area (Å²) in [6.45, 7) is 5.23. The fourth-order valence-corrected chi connectivity index (χ4v) is 5.32. The first-order valence-corrected chi connectivity index (χ1v) is 14.6. The van der Waals surface area contributed by atoms with Crippen LogP contribution in [0.15, 0.2) is 54.7 Å². The zero-order valence-electron chi connectivity index (χ0n) is 24.2. The van der Waals surface area contributed by atoms with Crippen molar-refractivity contribution in [3.63, 3.8) is 0 Å². The van der Waals surface area contributed by atoms with E-state index in [1.807, 2.05) is 19.1 Å². The molecule has 3 amide bonds. The average Bonchev–Trinajstić information content (AvgIpc) is 3.60. The molecule has 43 heavy (non-hydrogen) atoms. The van der Waals surface area contributed by atoms with E-state index >= 15 is 0 Å². The monoisotopic (exact) mass is 583 g/mol. The Bertz CT molecular complexity index is 1700. The SMILES string of the molecule is Cc1cnc2c(NC(=O)NCCC3(O)CC3)cc(C(=O)NCCc3cc4c(c(-c5ccc(F)cc5)n3)OCC4C)cc2c1. The Morgan fingerprint density at radius 2 is 1.88 bits per heavy atom. The maximum absolute atomic E-state index is 13.6. The van der Waals surface area contributed by atoms with E-state index in [0.717, 1.165) is 46.4 Å². The number of rotatable bonds is 9. The van der Waals surface area contributed by atoms with Gasteiger partial charge in [0.15, 0.2) is 0 Å². The smallest absolute Gasteiger partial charge is 0.319 e. The lowest BCUT2D eigenvalue weighted by atomic mass is 9.99. The number of hydrogen-bond donors (Lipinski definition) is 4. The molecule has 6 rings (SSSR count). The van der Waals surface area contributed by atoms with Gasteiger partial charge in [0, 0.05) is 59.4 Å². The first-order valence-electron chi connectivity index (χ1n) is 14.6. The van der Waals surface area contributed by atoms with E-state index in [0.29, 0.717) is 55.0 Å². The van der Waals surface area contributed by atoms with Gasteiger partial charge >= 0.3 is 6.03 Å². The third kappa shape index (κ3) is 6.44. The first kappa shape index (κ1) is 28.5. The van der Waals surface area contributed by atoms with E-state index in [4.69, 9.17) is 9.72 Å². The van der Waals surface area contributed by atoms with Crippen molar-refractivity contribution in [3.05, 3.63) is 82.9 Å². The van der Waals surface area contributed by atoms with E-state index in [1.165, 1.54) is 12.1 Å². The number of hydrogen-bond acceptors (Lipinski definition) is 6. The molecule has 4 aromatic rings. The van der Waals surface area contributed by atoms with Crippen molar-refractivity contribution in [1.29, 1.82) is 0 Å². The maximum Gasteiger partial charge on any atom is 0.319 e. The fraction of sp³-hybridized carbons (Fsp3) is 0.333. The van der Waals surface area contributed by atoms with Crippen LogP contribution in [0.1, 0.15) is 59.3 Å². The third-order valence-electron chi connectivity index (χ3n) is 7.98. The number of benzene rings is 2. The van der Waals surface area contributed by atoms with Gasteiger partial charge in [-0.1, -0.05) is 6.92 Å². The molecule has 1 atom stereocenters. The molecule has 4 N–H and O–H groups in total. The van der Waals surface area contributed by atoms with Crippen LogP contribution in [-0.2, 0) is 6.42 Å². The summed E-state index contributed by atoms with van der Waals surface area (Å²) in [5, 5.41) is 19.3. The van der Waals surface area contributed by atoms with Gasteiger partial charge in [-0.15, -0.1) is 0 Å². The molecular formula is C33H34FN5O4. The molecule has 10 heteroatoms. The predicted octanol–water partition coefficient (Wildman–Crippen LogP) is 5.25. The standard InChI is InChI=1S/C33H34FN5O4/c1-19-13-22-14-23(15-27(28(22)37-17-19)39-32(41)36-12-10-33(42)8-9-33)31(40)35-11-7-25-16-26-20(2)18-43-30(26)29(38-25)21-3-5-24(34)6-4-21/h3-6,13-17,20,42H,7-12,18H2,1-2H3,(H,35,40)(H2,36,39,41). The number of urea groups is 1. The number of nitrogens with one attached hydrogen (secondary N) is 3. The van der Waals surface area contributed by atoms with Crippen LogP contribution >= 0.6 is 0 Å². The summed E-state index contributed by atoms with van der Waals surface area (Å²) in [5.74, 6) is 0.306. The number of carbonyl (C=O) groups is 2. The second-order valence-corrected chi connectivity index (χ2v) is 11.6. The number of pyridine rings is 2. The Morgan fingerprint density at radius 1 is 1.09 bits per heavy atom. The molecule has 1 aliphatic carbocycles. The van der Waals surface area contributed by atoms with Crippen LogP contribution in [0.2, 0.25) is 0 Å². The van der Waals surface area contributed by atoms with Crippen molar-refractivity contribution in [2.75, 3.05) is 25.0 Å². The summed E-state index contributed by atoms with van der Waals surface area (Å²) >= 11 is 0. The Kier molecular flexibility index (Phi) is 7.70. The van der Waals surface area contributed by atoms with E-state index < -0.39 is 11.6 Å². The highest BCUT2D eigenvalue weighted by molar-refractivity contribution is 6.05. The van der Waals surface area contributed by atoms with Crippen molar-refractivity contribution in [2.45, 2.75) is 51.0 Å². The molecule has 2 aromatic heterocycles. The van der Waals surface area contributed by atoms with Gasteiger partial charge in [0.25, 0.3) is 5.91 Å². The molecule has 0 bridgehead atoms. The maximum atomic E-state index is 13.6. The van der Waals surface area contributed by atoms with Gasteiger partial charge < -0.3 is 25.8 Å². The number of anilines is 1. The quantitative estimate of drug-likeness (QED) is 0.213.